The van der Waals surface area contributed by atoms with E-state index in [2.05, 4.69) is 10.3 Å². The Bertz CT molecular complexity index is 1150. The van der Waals surface area contributed by atoms with Crippen molar-refractivity contribution in [3.63, 3.8) is 0 Å². The van der Waals surface area contributed by atoms with E-state index in [9.17, 15) is 13.6 Å². The van der Waals surface area contributed by atoms with Crippen molar-refractivity contribution >= 4 is 33.3 Å². The predicted octanol–water partition coefficient (Wildman–Crippen LogP) is 4.99. The minimum Gasteiger partial charge on any atom is -0.335 e. The van der Waals surface area contributed by atoms with Crippen molar-refractivity contribution in [3.8, 4) is 11.3 Å². The molecule has 0 bridgehead atoms. The summed E-state index contributed by atoms with van der Waals surface area (Å²) in [4.78, 5) is 16.7. The molecular weight excluding hydrogens is 368 g/mol. The lowest BCUT2D eigenvalue weighted by Crippen LogP contribution is -2.19. The number of hydrogen-bond donors (Lipinski definition) is 1. The van der Waals surface area contributed by atoms with Crippen LogP contribution in [-0.4, -0.2) is 15.5 Å². The average molecular weight is 383 g/mol. The maximum Gasteiger partial charge on any atom is 0.246 e. The number of nitrogens with zero attached hydrogens (tertiary/aromatic N) is 2. The monoisotopic (exact) mass is 383 g/mol. The number of aromatic nitrogens is 2. The lowest BCUT2D eigenvalue weighted by molar-refractivity contribution is -0.116. The van der Waals surface area contributed by atoms with Crippen LogP contribution >= 0.6 is 11.3 Å². The number of para-hydroxylation sites is 1. The molecule has 0 atom stereocenters. The summed E-state index contributed by atoms with van der Waals surface area (Å²) < 4.78 is 29.2. The number of carbonyl (C=O) groups excluding carboxylic acids is 1. The minimum absolute atomic E-state index is 0.0685. The molecule has 0 saturated heterocycles. The van der Waals surface area contributed by atoms with Crippen molar-refractivity contribution in [1.82, 2.24) is 9.55 Å². The second-order valence-electron chi connectivity index (χ2n) is 6.14. The van der Waals surface area contributed by atoms with Crippen LogP contribution in [0.2, 0.25) is 0 Å². The molecule has 4 nitrogen and oxygen atoms in total. The first kappa shape index (κ1) is 17.4. The minimum atomic E-state index is -0.561. The predicted molar refractivity (Wildman–Crippen MR) is 103 cm³/mol. The molecular formula is C20H15F2N3OS. The van der Waals surface area contributed by atoms with Crippen LogP contribution in [0.4, 0.5) is 13.9 Å². The van der Waals surface area contributed by atoms with E-state index < -0.39 is 11.6 Å². The van der Waals surface area contributed by atoms with Gasteiger partial charge < -0.3 is 9.88 Å². The molecule has 0 aliphatic rings. The molecule has 0 radical (unpaired) electrons. The quantitative estimate of drug-likeness (QED) is 0.540. The van der Waals surface area contributed by atoms with Crippen molar-refractivity contribution in [2.24, 2.45) is 0 Å². The molecule has 0 aliphatic heterocycles. The third-order valence-corrected chi connectivity index (χ3v) is 5.03. The molecule has 7 heteroatoms. The molecule has 136 valence electrons. The lowest BCUT2D eigenvalue weighted by Gasteiger charge is -2.07. The highest BCUT2D eigenvalue weighted by Crippen LogP contribution is 2.28. The molecule has 2 aromatic carbocycles. The van der Waals surface area contributed by atoms with Gasteiger partial charge in [0, 0.05) is 22.2 Å². The van der Waals surface area contributed by atoms with Crippen LogP contribution in [0.3, 0.4) is 0 Å². The van der Waals surface area contributed by atoms with E-state index in [0.29, 0.717) is 5.13 Å². The first-order chi connectivity index (χ1) is 13.0. The van der Waals surface area contributed by atoms with Crippen molar-refractivity contribution in [2.75, 3.05) is 5.32 Å². The van der Waals surface area contributed by atoms with Gasteiger partial charge in [0.25, 0.3) is 0 Å². The molecule has 27 heavy (non-hydrogen) atoms. The zero-order valence-corrected chi connectivity index (χ0v) is 15.2. The van der Waals surface area contributed by atoms with Crippen LogP contribution < -0.4 is 5.32 Å². The summed E-state index contributed by atoms with van der Waals surface area (Å²) in [5, 5.41) is 5.73. The van der Waals surface area contributed by atoms with Gasteiger partial charge in [0.1, 0.15) is 18.2 Å². The average Bonchev–Trinajstić information content (AvgIpc) is 3.22. The first-order valence-electron chi connectivity index (χ1n) is 8.27. The van der Waals surface area contributed by atoms with E-state index in [4.69, 9.17) is 0 Å². The molecule has 2 aromatic heterocycles. The molecule has 1 amide bonds. The summed E-state index contributed by atoms with van der Waals surface area (Å²) in [5.74, 6) is -1.34. The van der Waals surface area contributed by atoms with Crippen LogP contribution in [0.1, 0.15) is 5.69 Å². The summed E-state index contributed by atoms with van der Waals surface area (Å²) in [6.45, 7) is 2.09. The number of carbonyl (C=O) groups is 1. The van der Waals surface area contributed by atoms with Crippen LogP contribution in [0.25, 0.3) is 22.2 Å². The highest BCUT2D eigenvalue weighted by atomic mass is 32.1. The number of amides is 1. The fraction of sp³-hybridized carbons (Fsp3) is 0.100. The fourth-order valence-electron chi connectivity index (χ4n) is 3.01. The number of thiazole rings is 1. The Morgan fingerprint density at radius 3 is 2.85 bits per heavy atom. The Hall–Kier alpha value is -3.06. The van der Waals surface area contributed by atoms with Gasteiger partial charge in [0.15, 0.2) is 5.13 Å². The van der Waals surface area contributed by atoms with Gasteiger partial charge in [-0.3, -0.25) is 4.79 Å². The van der Waals surface area contributed by atoms with Crippen molar-refractivity contribution in [2.45, 2.75) is 13.5 Å². The summed E-state index contributed by atoms with van der Waals surface area (Å²) >= 11 is 1.17. The van der Waals surface area contributed by atoms with Crippen LogP contribution in [0.5, 0.6) is 0 Å². The standard InChI is InChI=1S/C20H15F2N3OS/c1-12-8-13-4-2-3-5-18(13)25(12)10-19(26)24-20-23-17(11-27-20)15-9-14(21)6-7-16(15)22/h2-9,11H,10H2,1H3,(H,23,24,26). The molecule has 0 aliphatic carbocycles. The third kappa shape index (κ3) is 3.46. The third-order valence-electron chi connectivity index (χ3n) is 4.27. The summed E-state index contributed by atoms with van der Waals surface area (Å²) in [6, 6.07) is 13.1. The number of fused-ring (bicyclic) bond motifs is 1. The van der Waals surface area contributed by atoms with Crippen LogP contribution in [0.15, 0.2) is 53.9 Å². The molecule has 4 rings (SSSR count). The number of nitrogens with one attached hydrogen (secondary N) is 1. The summed E-state index contributed by atoms with van der Waals surface area (Å²) in [7, 11) is 0. The highest BCUT2D eigenvalue weighted by molar-refractivity contribution is 7.14. The van der Waals surface area contributed by atoms with E-state index in [1.54, 1.807) is 5.38 Å². The maximum atomic E-state index is 13.9. The van der Waals surface area contributed by atoms with Gasteiger partial charge in [-0.25, -0.2) is 13.8 Å². The fourth-order valence-corrected chi connectivity index (χ4v) is 3.74. The highest BCUT2D eigenvalue weighted by Gasteiger charge is 2.14. The topological polar surface area (TPSA) is 46.9 Å². The number of benzene rings is 2. The van der Waals surface area contributed by atoms with Crippen LogP contribution in [0, 0.1) is 18.6 Å². The first-order valence-corrected chi connectivity index (χ1v) is 9.15. The zero-order chi connectivity index (χ0) is 19.0. The van der Waals surface area contributed by atoms with Gasteiger partial charge in [-0.05, 0) is 42.6 Å². The van der Waals surface area contributed by atoms with E-state index in [-0.39, 0.29) is 23.7 Å². The Morgan fingerprint density at radius 2 is 2.00 bits per heavy atom. The molecule has 0 saturated carbocycles. The molecule has 4 aromatic rings. The largest absolute Gasteiger partial charge is 0.335 e. The van der Waals surface area contributed by atoms with E-state index in [0.717, 1.165) is 34.8 Å². The zero-order valence-electron chi connectivity index (χ0n) is 14.4. The van der Waals surface area contributed by atoms with Gasteiger partial charge in [0.05, 0.1) is 5.69 Å². The summed E-state index contributed by atoms with van der Waals surface area (Å²) in [6.07, 6.45) is 0. The van der Waals surface area contributed by atoms with Crippen molar-refractivity contribution in [1.29, 1.82) is 0 Å². The maximum absolute atomic E-state index is 13.9. The summed E-state index contributed by atoms with van der Waals surface area (Å²) in [5.41, 5.74) is 2.31. The van der Waals surface area contributed by atoms with E-state index in [1.165, 1.54) is 11.3 Å². The van der Waals surface area contributed by atoms with Gasteiger partial charge in [0.2, 0.25) is 5.91 Å². The molecule has 0 unspecified atom stereocenters. The van der Waals surface area contributed by atoms with E-state index in [1.807, 2.05) is 41.8 Å². The normalized spacial score (nSPS) is 11.1. The lowest BCUT2D eigenvalue weighted by atomic mass is 10.1. The van der Waals surface area contributed by atoms with E-state index >= 15 is 0 Å². The van der Waals surface area contributed by atoms with Gasteiger partial charge >= 0.3 is 0 Å². The van der Waals surface area contributed by atoms with Gasteiger partial charge in [-0.1, -0.05) is 18.2 Å². The Morgan fingerprint density at radius 1 is 1.19 bits per heavy atom. The smallest absolute Gasteiger partial charge is 0.246 e. The SMILES string of the molecule is Cc1cc2ccccc2n1CC(=O)Nc1nc(-c2cc(F)ccc2F)cs1. The second-order valence-corrected chi connectivity index (χ2v) is 7.00. The molecule has 2 heterocycles. The number of rotatable bonds is 4. The van der Waals surface area contributed by atoms with Crippen molar-refractivity contribution < 1.29 is 13.6 Å². The molecule has 0 fully saturated rings. The Labute approximate surface area is 158 Å². The second kappa shape index (κ2) is 6.92. The van der Waals surface area contributed by atoms with Crippen molar-refractivity contribution in [3.05, 3.63) is 71.2 Å². The Kier molecular flexibility index (Phi) is 4.45. The number of halogens is 2. The molecule has 1 N–H and O–H groups in total. The van der Waals surface area contributed by atoms with Gasteiger partial charge in [-0.15, -0.1) is 11.3 Å². The Balaban J connectivity index is 1.53. The number of aryl methyl sites for hydroxylation is 1. The van der Waals surface area contributed by atoms with Crippen LogP contribution in [-0.2, 0) is 11.3 Å². The number of hydrogen-bond acceptors (Lipinski definition) is 3. The van der Waals surface area contributed by atoms with Gasteiger partial charge in [-0.2, -0.15) is 0 Å². The molecule has 0 spiro atoms. The number of anilines is 1.